The van der Waals surface area contributed by atoms with Crippen LogP contribution in [0, 0.1) is 46.6 Å². The summed E-state index contributed by atoms with van der Waals surface area (Å²) in [6.45, 7) is 4.63. The fourth-order valence-corrected chi connectivity index (χ4v) is 7.28. The molecule has 1 aliphatic heterocycles. The van der Waals surface area contributed by atoms with Crippen LogP contribution in [0.3, 0.4) is 0 Å². The van der Waals surface area contributed by atoms with Crippen LogP contribution in [-0.2, 0) is 0 Å². The zero-order chi connectivity index (χ0) is 28.1. The Morgan fingerprint density at radius 1 is 0.450 bits per heavy atom. The van der Waals surface area contributed by atoms with Crippen molar-refractivity contribution in [3.63, 3.8) is 0 Å². The first-order chi connectivity index (χ1) is 19.7. The molecule has 0 saturated carbocycles. The molecule has 0 spiro atoms. The summed E-state index contributed by atoms with van der Waals surface area (Å²) in [7, 11) is -2.09. The summed E-state index contributed by atoms with van der Waals surface area (Å²) in [6, 6.07) is 17.4. The van der Waals surface area contributed by atoms with E-state index in [2.05, 4.69) is 72.2 Å². The number of rotatable bonds is 17. The monoisotopic (exact) mass is 544 g/mol. The SMILES string of the molecule is CCCCCCCCCCCCCCCCCC[Si]1(C)C#Cc2ccccc2C#CC#Cc2ccccc2C#C1. The minimum absolute atomic E-state index is 0.948. The van der Waals surface area contributed by atoms with Crippen LogP contribution in [0.25, 0.3) is 0 Å². The van der Waals surface area contributed by atoms with Crippen molar-refractivity contribution < 1.29 is 0 Å². The fraction of sp³-hybridized carbons (Fsp3) is 0.487. The first kappa shape index (κ1) is 31.4. The second kappa shape index (κ2) is 19.1. The summed E-state index contributed by atoms with van der Waals surface area (Å²) in [5, 5.41) is 0. The molecule has 1 heterocycles. The van der Waals surface area contributed by atoms with Gasteiger partial charge < -0.3 is 0 Å². The lowest BCUT2D eigenvalue weighted by atomic mass is 10.0. The van der Waals surface area contributed by atoms with E-state index in [1.165, 1.54) is 103 Å². The largest absolute Gasteiger partial charge is 0.214 e. The maximum absolute atomic E-state index is 3.68. The molecule has 0 fully saturated rings. The molecule has 1 heteroatoms. The third-order valence-electron chi connectivity index (χ3n) is 7.79. The van der Waals surface area contributed by atoms with Gasteiger partial charge >= 0.3 is 0 Å². The second-order valence-electron chi connectivity index (χ2n) is 11.5. The van der Waals surface area contributed by atoms with Gasteiger partial charge in [0.25, 0.3) is 0 Å². The van der Waals surface area contributed by atoms with E-state index in [0.717, 1.165) is 28.3 Å². The van der Waals surface area contributed by atoms with Crippen LogP contribution in [0.1, 0.15) is 132 Å². The average molecular weight is 545 g/mol. The van der Waals surface area contributed by atoms with Gasteiger partial charge in [-0.15, -0.1) is 11.1 Å². The van der Waals surface area contributed by atoms with Gasteiger partial charge in [-0.3, -0.25) is 0 Å². The van der Waals surface area contributed by atoms with Gasteiger partial charge in [-0.25, -0.2) is 0 Å². The summed E-state index contributed by atoms with van der Waals surface area (Å²) in [5.41, 5.74) is 11.2. The van der Waals surface area contributed by atoms with Crippen molar-refractivity contribution in [1.29, 1.82) is 0 Å². The maximum atomic E-state index is 3.68. The van der Waals surface area contributed by atoms with Gasteiger partial charge in [0.15, 0.2) is 0 Å². The van der Waals surface area contributed by atoms with Crippen LogP contribution in [0.2, 0.25) is 12.6 Å². The summed E-state index contributed by atoms with van der Waals surface area (Å²) in [4.78, 5) is 0. The van der Waals surface area contributed by atoms with Gasteiger partial charge in [-0.2, -0.15) is 0 Å². The topological polar surface area (TPSA) is 0 Å². The van der Waals surface area contributed by atoms with Crippen LogP contribution >= 0.6 is 0 Å². The quantitative estimate of drug-likeness (QED) is 0.106. The zero-order valence-electron chi connectivity index (χ0n) is 25.1. The highest BCUT2D eigenvalue weighted by Crippen LogP contribution is 2.18. The number of fused-ring (bicyclic) bond motifs is 2. The predicted octanol–water partition coefficient (Wildman–Crippen LogP) is 10.2. The van der Waals surface area contributed by atoms with E-state index < -0.39 is 8.07 Å². The molecule has 0 amide bonds. The lowest BCUT2D eigenvalue weighted by molar-refractivity contribution is 0.531. The van der Waals surface area contributed by atoms with Gasteiger partial charge in [-0.05, 0) is 48.7 Å². The van der Waals surface area contributed by atoms with E-state index >= 15 is 0 Å². The number of hydrogen-bond acceptors (Lipinski definition) is 0. The van der Waals surface area contributed by atoms with E-state index in [4.69, 9.17) is 0 Å². The molecular weight excluding hydrogens is 497 g/mol. The molecule has 0 aromatic heterocycles. The molecule has 0 N–H and O–H groups in total. The summed E-state index contributed by atoms with van der Waals surface area (Å²) in [5.74, 6) is 19.4. The predicted molar refractivity (Wildman–Crippen MR) is 176 cm³/mol. The lowest BCUT2D eigenvalue weighted by Gasteiger charge is -2.14. The highest BCUT2D eigenvalue weighted by Gasteiger charge is 2.22. The van der Waals surface area contributed by atoms with Crippen LogP contribution in [0.5, 0.6) is 0 Å². The third kappa shape index (κ3) is 12.4. The molecule has 208 valence electrons. The van der Waals surface area contributed by atoms with Crippen LogP contribution in [0.4, 0.5) is 0 Å². The first-order valence-electron chi connectivity index (χ1n) is 16.0. The van der Waals surface area contributed by atoms with Gasteiger partial charge in [0, 0.05) is 22.3 Å². The summed E-state index contributed by atoms with van der Waals surface area (Å²) >= 11 is 0. The first-order valence-corrected chi connectivity index (χ1v) is 18.7. The van der Waals surface area contributed by atoms with E-state index in [9.17, 15) is 0 Å². The molecule has 0 bridgehead atoms. The van der Waals surface area contributed by atoms with Crippen molar-refractivity contribution in [2.75, 3.05) is 0 Å². The highest BCUT2D eigenvalue weighted by molar-refractivity contribution is 6.93. The standard InChI is InChI=1S/C39H48Si/c1-3-4-5-6-7-8-9-10-11-12-13-14-15-16-17-24-33-40(2)34-31-38-29-22-20-27-36(38)25-18-19-26-37-28-21-23-30-39(37)32-35-40/h20-23,27-30H,3-17,24,33H2,1-2H3. The second-order valence-corrected chi connectivity index (χ2v) is 15.1. The lowest BCUT2D eigenvalue weighted by Crippen LogP contribution is -2.26. The van der Waals surface area contributed by atoms with Crippen LogP contribution in [0.15, 0.2) is 48.5 Å². The molecule has 1 aliphatic rings. The van der Waals surface area contributed by atoms with Gasteiger partial charge in [0.2, 0.25) is 8.07 Å². The van der Waals surface area contributed by atoms with Gasteiger partial charge in [-0.1, -0.05) is 158 Å². The van der Waals surface area contributed by atoms with Gasteiger partial charge in [0.05, 0.1) is 0 Å². The molecule has 2 aromatic carbocycles. The number of benzene rings is 2. The number of unbranched alkanes of at least 4 members (excludes halogenated alkanes) is 15. The van der Waals surface area contributed by atoms with E-state index in [-0.39, 0.29) is 0 Å². The Kier molecular flexibility index (Phi) is 15.0. The minimum atomic E-state index is -2.09. The van der Waals surface area contributed by atoms with Gasteiger partial charge in [0.1, 0.15) is 0 Å². The molecule has 0 aliphatic carbocycles. The molecule has 3 rings (SSSR count). The van der Waals surface area contributed by atoms with Crippen molar-refractivity contribution in [2.45, 2.75) is 122 Å². The Labute approximate surface area is 247 Å². The molecule has 40 heavy (non-hydrogen) atoms. The maximum Gasteiger partial charge on any atom is 0.214 e. The summed E-state index contributed by atoms with van der Waals surface area (Å²) in [6.07, 6.45) is 22.3. The van der Waals surface area contributed by atoms with Crippen molar-refractivity contribution in [3.05, 3.63) is 70.8 Å². The zero-order valence-corrected chi connectivity index (χ0v) is 26.1. The molecule has 0 unspecified atom stereocenters. The van der Waals surface area contributed by atoms with Crippen molar-refractivity contribution in [1.82, 2.24) is 0 Å². The normalized spacial score (nSPS) is 12.7. The van der Waals surface area contributed by atoms with Crippen molar-refractivity contribution in [3.8, 4) is 46.6 Å². The Morgan fingerprint density at radius 3 is 1.15 bits per heavy atom. The molecule has 0 radical (unpaired) electrons. The molecule has 0 nitrogen and oxygen atoms in total. The highest BCUT2D eigenvalue weighted by atomic mass is 28.3. The Balaban J connectivity index is 1.44. The van der Waals surface area contributed by atoms with Crippen LogP contribution < -0.4 is 0 Å². The number of hydrogen-bond donors (Lipinski definition) is 0. The van der Waals surface area contributed by atoms with Crippen molar-refractivity contribution >= 4 is 8.07 Å². The Bertz CT molecular complexity index is 1200. The Hall–Kier alpha value is -3.10. The van der Waals surface area contributed by atoms with Crippen LogP contribution in [-0.4, -0.2) is 8.07 Å². The van der Waals surface area contributed by atoms with E-state index in [1.807, 2.05) is 36.4 Å². The molecule has 2 aromatic rings. The average Bonchev–Trinajstić information content (AvgIpc) is 2.99. The molecule has 0 saturated heterocycles. The molecular formula is C39H48Si. The van der Waals surface area contributed by atoms with E-state index in [0.29, 0.717) is 0 Å². The van der Waals surface area contributed by atoms with Crippen molar-refractivity contribution in [2.24, 2.45) is 0 Å². The smallest absolute Gasteiger partial charge is 0.110 e. The third-order valence-corrected chi connectivity index (χ3v) is 10.5. The molecule has 0 atom stereocenters. The van der Waals surface area contributed by atoms with E-state index in [1.54, 1.807) is 0 Å². The summed E-state index contributed by atoms with van der Waals surface area (Å²) < 4.78 is 0. The Morgan fingerprint density at radius 2 is 0.775 bits per heavy atom. The minimum Gasteiger partial charge on any atom is -0.110 e. The fourth-order valence-electron chi connectivity index (χ4n) is 5.19.